The minimum absolute atomic E-state index is 0.0612. The van der Waals surface area contributed by atoms with Crippen molar-refractivity contribution in [3.63, 3.8) is 0 Å². The summed E-state index contributed by atoms with van der Waals surface area (Å²) in [5.74, 6) is 1.10. The first-order valence-corrected chi connectivity index (χ1v) is 7.15. The van der Waals surface area contributed by atoms with Crippen LogP contribution in [0.4, 0.5) is 17.3 Å². The minimum atomic E-state index is -0.423. The van der Waals surface area contributed by atoms with E-state index >= 15 is 0 Å². The molecule has 1 aliphatic heterocycles. The van der Waals surface area contributed by atoms with E-state index in [2.05, 4.69) is 15.3 Å². The van der Waals surface area contributed by atoms with Gasteiger partial charge in [0.1, 0.15) is 6.33 Å². The van der Waals surface area contributed by atoms with Crippen LogP contribution >= 0.6 is 0 Å². The van der Waals surface area contributed by atoms with Crippen molar-refractivity contribution in [1.29, 1.82) is 0 Å². The van der Waals surface area contributed by atoms with Crippen LogP contribution in [-0.4, -0.2) is 48.2 Å². The summed E-state index contributed by atoms with van der Waals surface area (Å²) in [6, 6.07) is 0. The highest BCUT2D eigenvalue weighted by Crippen LogP contribution is 2.32. The highest BCUT2D eigenvalue weighted by atomic mass is 16.6. The molecule has 0 aromatic carbocycles. The van der Waals surface area contributed by atoms with E-state index in [-0.39, 0.29) is 11.5 Å². The zero-order valence-electron chi connectivity index (χ0n) is 12.4. The van der Waals surface area contributed by atoms with E-state index in [1.807, 2.05) is 18.9 Å². The van der Waals surface area contributed by atoms with Gasteiger partial charge in [0.15, 0.2) is 0 Å². The summed E-state index contributed by atoms with van der Waals surface area (Å²) in [6.45, 7) is 4.69. The van der Waals surface area contributed by atoms with E-state index in [1.165, 1.54) is 6.33 Å². The number of aromatic nitrogens is 2. The maximum Gasteiger partial charge on any atom is 0.353 e. The van der Waals surface area contributed by atoms with Gasteiger partial charge in [0.2, 0.25) is 11.6 Å². The fraction of sp³-hybridized carbons (Fsp3) is 0.692. The number of nitro groups is 1. The van der Waals surface area contributed by atoms with Crippen LogP contribution in [0.2, 0.25) is 0 Å². The summed E-state index contributed by atoms with van der Waals surface area (Å²) in [5.41, 5.74) is -0.0612. The maximum absolute atomic E-state index is 11.4. The molecule has 1 N–H and O–H groups in total. The Morgan fingerprint density at radius 2 is 2.19 bits per heavy atom. The Labute approximate surface area is 123 Å². The zero-order valence-corrected chi connectivity index (χ0v) is 12.4. The van der Waals surface area contributed by atoms with E-state index in [9.17, 15) is 10.1 Å². The topological polar surface area (TPSA) is 93.4 Å². The van der Waals surface area contributed by atoms with Gasteiger partial charge in [0.05, 0.1) is 4.92 Å². The van der Waals surface area contributed by atoms with E-state index in [0.717, 1.165) is 32.6 Å². The van der Waals surface area contributed by atoms with Crippen LogP contribution in [0.15, 0.2) is 6.33 Å². The summed E-state index contributed by atoms with van der Waals surface area (Å²) < 4.78 is 5.34. The van der Waals surface area contributed by atoms with Crippen LogP contribution in [0.25, 0.3) is 0 Å². The third-order valence-corrected chi connectivity index (χ3v) is 3.56. The van der Waals surface area contributed by atoms with Crippen LogP contribution in [0, 0.1) is 16.0 Å². The molecule has 8 nitrogen and oxygen atoms in total. The normalized spacial score (nSPS) is 15.7. The Balaban J connectivity index is 2.20. The standard InChI is InChI=1S/C13H21N5O3/c1-3-14-12-11(18(19)20)13(16-9-15-12)17(2)8-10-4-6-21-7-5-10/h9-10H,3-8H2,1-2H3,(H,14,15,16). The Bertz CT molecular complexity index is 491. The number of anilines is 2. The van der Waals surface area contributed by atoms with E-state index in [0.29, 0.717) is 18.3 Å². The van der Waals surface area contributed by atoms with Crippen molar-refractivity contribution in [1.82, 2.24) is 9.97 Å². The highest BCUT2D eigenvalue weighted by Gasteiger charge is 2.26. The monoisotopic (exact) mass is 295 g/mol. The van der Waals surface area contributed by atoms with Crippen LogP contribution in [-0.2, 0) is 4.74 Å². The largest absolute Gasteiger partial charge is 0.381 e. The Morgan fingerprint density at radius 3 is 2.81 bits per heavy atom. The van der Waals surface area contributed by atoms with Gasteiger partial charge in [0.25, 0.3) is 0 Å². The molecule has 0 amide bonds. The van der Waals surface area contributed by atoms with Crippen molar-refractivity contribution in [2.75, 3.05) is 43.6 Å². The summed E-state index contributed by atoms with van der Waals surface area (Å²) in [4.78, 5) is 20.9. The van der Waals surface area contributed by atoms with E-state index < -0.39 is 4.92 Å². The van der Waals surface area contributed by atoms with E-state index in [1.54, 1.807) is 0 Å². The van der Waals surface area contributed by atoms with Crippen molar-refractivity contribution >= 4 is 17.3 Å². The Hall–Kier alpha value is -1.96. The average Bonchev–Trinajstić information content (AvgIpc) is 2.48. The van der Waals surface area contributed by atoms with Crippen molar-refractivity contribution in [2.45, 2.75) is 19.8 Å². The first-order chi connectivity index (χ1) is 10.1. The van der Waals surface area contributed by atoms with Gasteiger partial charge in [-0.3, -0.25) is 10.1 Å². The molecule has 116 valence electrons. The molecule has 1 aliphatic rings. The number of hydrogen-bond donors (Lipinski definition) is 1. The van der Waals surface area contributed by atoms with Gasteiger partial charge in [-0.1, -0.05) is 0 Å². The van der Waals surface area contributed by atoms with Crippen molar-refractivity contribution in [2.24, 2.45) is 5.92 Å². The summed E-state index contributed by atoms with van der Waals surface area (Å²) >= 11 is 0. The second kappa shape index (κ2) is 7.16. The van der Waals surface area contributed by atoms with Crippen LogP contribution in [0.3, 0.4) is 0 Å². The highest BCUT2D eigenvalue weighted by molar-refractivity contribution is 5.70. The number of nitrogens with zero attached hydrogens (tertiary/aromatic N) is 4. The molecule has 0 radical (unpaired) electrons. The van der Waals surface area contributed by atoms with Crippen molar-refractivity contribution in [3.8, 4) is 0 Å². The Morgan fingerprint density at radius 1 is 1.48 bits per heavy atom. The second-order valence-corrected chi connectivity index (χ2v) is 5.12. The van der Waals surface area contributed by atoms with Crippen molar-refractivity contribution in [3.05, 3.63) is 16.4 Å². The molecule has 2 rings (SSSR count). The van der Waals surface area contributed by atoms with Crippen LogP contribution in [0.5, 0.6) is 0 Å². The zero-order chi connectivity index (χ0) is 15.2. The first kappa shape index (κ1) is 15.4. The molecule has 0 aliphatic carbocycles. The van der Waals surface area contributed by atoms with Gasteiger partial charge in [-0.05, 0) is 25.7 Å². The lowest BCUT2D eigenvalue weighted by Crippen LogP contribution is -2.30. The van der Waals surface area contributed by atoms with Crippen molar-refractivity contribution < 1.29 is 9.66 Å². The SMILES string of the molecule is CCNc1ncnc(N(C)CC2CCOCC2)c1[N+](=O)[O-]. The molecule has 0 spiro atoms. The maximum atomic E-state index is 11.4. The molecule has 8 heteroatoms. The molecule has 0 saturated carbocycles. The molecular formula is C13H21N5O3. The quantitative estimate of drug-likeness (QED) is 0.630. The molecule has 0 bridgehead atoms. The first-order valence-electron chi connectivity index (χ1n) is 7.15. The minimum Gasteiger partial charge on any atom is -0.381 e. The lowest BCUT2D eigenvalue weighted by atomic mass is 10.00. The third kappa shape index (κ3) is 3.78. The lowest BCUT2D eigenvalue weighted by Gasteiger charge is -2.27. The summed E-state index contributed by atoms with van der Waals surface area (Å²) in [5, 5.41) is 14.3. The molecular weight excluding hydrogens is 274 g/mol. The van der Waals surface area contributed by atoms with Gasteiger partial charge >= 0.3 is 5.69 Å². The molecule has 0 atom stereocenters. The van der Waals surface area contributed by atoms with Gasteiger partial charge < -0.3 is 15.0 Å². The second-order valence-electron chi connectivity index (χ2n) is 5.12. The molecule has 1 aromatic rings. The number of nitrogens with one attached hydrogen (secondary N) is 1. The molecule has 1 saturated heterocycles. The van der Waals surface area contributed by atoms with Gasteiger partial charge in [0, 0.05) is 33.4 Å². The van der Waals surface area contributed by atoms with Crippen LogP contribution < -0.4 is 10.2 Å². The molecule has 1 aromatic heterocycles. The Kier molecular flexibility index (Phi) is 5.26. The number of ether oxygens (including phenoxy) is 1. The predicted molar refractivity (Wildman–Crippen MR) is 79.7 cm³/mol. The third-order valence-electron chi connectivity index (χ3n) is 3.56. The fourth-order valence-electron chi connectivity index (χ4n) is 2.52. The molecule has 21 heavy (non-hydrogen) atoms. The van der Waals surface area contributed by atoms with Gasteiger partial charge in [-0.25, -0.2) is 9.97 Å². The smallest absolute Gasteiger partial charge is 0.353 e. The number of rotatable bonds is 6. The van der Waals surface area contributed by atoms with E-state index in [4.69, 9.17) is 4.74 Å². The molecule has 0 unspecified atom stereocenters. The predicted octanol–water partition coefficient (Wildman–Crippen LogP) is 1.68. The average molecular weight is 295 g/mol. The number of hydrogen-bond acceptors (Lipinski definition) is 7. The van der Waals surface area contributed by atoms with Gasteiger partial charge in [-0.15, -0.1) is 0 Å². The fourth-order valence-corrected chi connectivity index (χ4v) is 2.52. The van der Waals surface area contributed by atoms with Crippen LogP contribution in [0.1, 0.15) is 19.8 Å². The molecule has 2 heterocycles. The van der Waals surface area contributed by atoms with Gasteiger partial charge in [-0.2, -0.15) is 0 Å². The lowest BCUT2D eigenvalue weighted by molar-refractivity contribution is -0.383. The summed E-state index contributed by atoms with van der Waals surface area (Å²) in [7, 11) is 1.83. The summed E-state index contributed by atoms with van der Waals surface area (Å²) in [6.07, 6.45) is 3.31. The molecule has 1 fully saturated rings.